The van der Waals surface area contributed by atoms with Gasteiger partial charge in [-0.15, -0.1) is 0 Å². The number of thiocarbonyl (C=S) groups is 1. The van der Waals surface area contributed by atoms with E-state index in [4.69, 9.17) is 12.2 Å². The predicted octanol–water partition coefficient (Wildman–Crippen LogP) is 2.77. The summed E-state index contributed by atoms with van der Waals surface area (Å²) in [5, 5.41) is 17.3. The molecule has 0 bridgehead atoms. The fraction of sp³-hybridized carbons (Fsp3) is 0.467. The van der Waals surface area contributed by atoms with Crippen molar-refractivity contribution in [2.24, 2.45) is 11.0 Å². The van der Waals surface area contributed by atoms with Crippen molar-refractivity contribution in [3.05, 3.63) is 29.8 Å². The van der Waals surface area contributed by atoms with Gasteiger partial charge in [0, 0.05) is 6.04 Å². The Balaban J connectivity index is 1.80. The Morgan fingerprint density at radius 2 is 2.20 bits per heavy atom. The minimum absolute atomic E-state index is 0.227. The average Bonchev–Trinajstić information content (AvgIpc) is 2.41. The number of hydrogen-bond donors (Lipinski definition) is 3. The minimum atomic E-state index is 0.227. The highest BCUT2D eigenvalue weighted by atomic mass is 32.1. The van der Waals surface area contributed by atoms with Crippen LogP contribution < -0.4 is 10.7 Å². The Hall–Kier alpha value is -1.62. The number of phenolic OH excluding ortho intramolecular Hbond substituents is 1. The lowest BCUT2D eigenvalue weighted by Crippen LogP contribution is -2.44. The molecule has 2 atom stereocenters. The first kappa shape index (κ1) is 14.8. The van der Waals surface area contributed by atoms with E-state index in [1.165, 1.54) is 25.7 Å². The zero-order valence-corrected chi connectivity index (χ0v) is 12.5. The molecule has 0 aliphatic heterocycles. The van der Waals surface area contributed by atoms with E-state index in [0.29, 0.717) is 17.1 Å². The van der Waals surface area contributed by atoms with Gasteiger partial charge in [0.1, 0.15) is 5.75 Å². The van der Waals surface area contributed by atoms with Gasteiger partial charge in [-0.2, -0.15) is 5.10 Å². The van der Waals surface area contributed by atoms with Crippen molar-refractivity contribution in [2.45, 2.75) is 38.6 Å². The second-order valence-electron chi connectivity index (χ2n) is 5.31. The highest BCUT2D eigenvalue weighted by Gasteiger charge is 2.21. The summed E-state index contributed by atoms with van der Waals surface area (Å²) < 4.78 is 0. The Labute approximate surface area is 125 Å². The summed E-state index contributed by atoms with van der Waals surface area (Å²) in [7, 11) is 0. The molecule has 4 nitrogen and oxygen atoms in total. The molecule has 1 fully saturated rings. The molecule has 0 spiro atoms. The summed E-state index contributed by atoms with van der Waals surface area (Å²) in [6.07, 6.45) is 6.64. The molecule has 108 valence electrons. The SMILES string of the molecule is C[C@@H]1CCCC[C@@H]1NC(=S)N/N=C\c1cccc(O)c1. The fourth-order valence-corrected chi connectivity index (χ4v) is 2.71. The number of rotatable bonds is 3. The monoisotopic (exact) mass is 291 g/mol. The number of hydrazone groups is 1. The Kier molecular flexibility index (Phi) is 5.35. The molecule has 2 rings (SSSR count). The number of benzene rings is 1. The smallest absolute Gasteiger partial charge is 0.187 e. The molecule has 5 heteroatoms. The molecular weight excluding hydrogens is 270 g/mol. The number of phenols is 1. The summed E-state index contributed by atoms with van der Waals surface area (Å²) >= 11 is 5.24. The van der Waals surface area contributed by atoms with E-state index in [9.17, 15) is 5.11 Å². The molecule has 0 aromatic heterocycles. The van der Waals surface area contributed by atoms with Crippen LogP contribution in [0.4, 0.5) is 0 Å². The van der Waals surface area contributed by atoms with Crippen LogP contribution in [0.1, 0.15) is 38.2 Å². The van der Waals surface area contributed by atoms with Crippen molar-refractivity contribution in [1.82, 2.24) is 10.7 Å². The van der Waals surface area contributed by atoms with E-state index in [-0.39, 0.29) is 5.75 Å². The third kappa shape index (κ3) is 4.49. The van der Waals surface area contributed by atoms with Crippen LogP contribution in [0.5, 0.6) is 5.75 Å². The predicted molar refractivity (Wildman–Crippen MR) is 86.0 cm³/mol. The Morgan fingerprint density at radius 1 is 1.40 bits per heavy atom. The first-order chi connectivity index (χ1) is 9.65. The average molecular weight is 291 g/mol. The zero-order chi connectivity index (χ0) is 14.4. The van der Waals surface area contributed by atoms with Gasteiger partial charge in [0.05, 0.1) is 6.21 Å². The number of aromatic hydroxyl groups is 1. The topological polar surface area (TPSA) is 56.7 Å². The second-order valence-corrected chi connectivity index (χ2v) is 5.71. The molecule has 3 N–H and O–H groups in total. The van der Waals surface area contributed by atoms with Crippen LogP contribution in [0, 0.1) is 5.92 Å². The van der Waals surface area contributed by atoms with E-state index >= 15 is 0 Å². The summed E-state index contributed by atoms with van der Waals surface area (Å²) in [5.41, 5.74) is 3.65. The van der Waals surface area contributed by atoms with Crippen LogP contribution in [0.3, 0.4) is 0 Å². The Morgan fingerprint density at radius 3 is 2.95 bits per heavy atom. The van der Waals surface area contributed by atoms with Crippen molar-refractivity contribution in [1.29, 1.82) is 0 Å². The van der Waals surface area contributed by atoms with E-state index < -0.39 is 0 Å². The summed E-state index contributed by atoms with van der Waals surface area (Å²) in [5.74, 6) is 0.879. The molecular formula is C15H21N3OS. The van der Waals surface area contributed by atoms with Gasteiger partial charge in [-0.1, -0.05) is 31.9 Å². The molecule has 20 heavy (non-hydrogen) atoms. The third-order valence-electron chi connectivity index (χ3n) is 3.68. The van der Waals surface area contributed by atoms with Crippen molar-refractivity contribution < 1.29 is 5.11 Å². The van der Waals surface area contributed by atoms with E-state index in [1.54, 1.807) is 24.4 Å². The molecule has 1 aliphatic rings. The van der Waals surface area contributed by atoms with Gasteiger partial charge in [-0.3, -0.25) is 5.43 Å². The minimum Gasteiger partial charge on any atom is -0.508 e. The van der Waals surface area contributed by atoms with Crippen LogP contribution >= 0.6 is 12.2 Å². The van der Waals surface area contributed by atoms with Gasteiger partial charge in [0.15, 0.2) is 5.11 Å². The van der Waals surface area contributed by atoms with Gasteiger partial charge in [-0.05, 0) is 48.7 Å². The highest BCUT2D eigenvalue weighted by Crippen LogP contribution is 2.23. The molecule has 1 aromatic rings. The molecule has 1 aromatic carbocycles. The van der Waals surface area contributed by atoms with Gasteiger partial charge in [-0.25, -0.2) is 0 Å². The fourth-order valence-electron chi connectivity index (χ4n) is 2.50. The van der Waals surface area contributed by atoms with E-state index in [1.807, 2.05) is 6.07 Å². The van der Waals surface area contributed by atoms with Crippen LogP contribution in [-0.4, -0.2) is 22.5 Å². The summed E-state index contributed by atoms with van der Waals surface area (Å²) in [4.78, 5) is 0. The van der Waals surface area contributed by atoms with Crippen LogP contribution in [0.2, 0.25) is 0 Å². The number of nitrogens with zero attached hydrogens (tertiary/aromatic N) is 1. The number of nitrogens with one attached hydrogen (secondary N) is 2. The maximum atomic E-state index is 9.35. The molecule has 0 radical (unpaired) electrons. The number of hydrogen-bond acceptors (Lipinski definition) is 3. The molecule has 0 heterocycles. The quantitative estimate of drug-likeness (QED) is 0.455. The molecule has 1 aliphatic carbocycles. The summed E-state index contributed by atoms with van der Waals surface area (Å²) in [6, 6.07) is 7.35. The normalized spacial score (nSPS) is 22.6. The highest BCUT2D eigenvalue weighted by molar-refractivity contribution is 7.80. The molecule has 0 saturated heterocycles. The van der Waals surface area contributed by atoms with Gasteiger partial charge >= 0.3 is 0 Å². The van der Waals surface area contributed by atoms with E-state index in [0.717, 1.165) is 5.56 Å². The Bertz CT molecular complexity index is 490. The van der Waals surface area contributed by atoms with Gasteiger partial charge in [0.25, 0.3) is 0 Å². The van der Waals surface area contributed by atoms with Crippen LogP contribution in [0.25, 0.3) is 0 Å². The van der Waals surface area contributed by atoms with Gasteiger partial charge in [0.2, 0.25) is 0 Å². The lowest BCUT2D eigenvalue weighted by atomic mass is 9.86. The van der Waals surface area contributed by atoms with Crippen molar-refractivity contribution in [3.8, 4) is 5.75 Å². The summed E-state index contributed by atoms with van der Waals surface area (Å²) in [6.45, 7) is 2.26. The molecule has 1 saturated carbocycles. The van der Waals surface area contributed by atoms with E-state index in [2.05, 4.69) is 22.8 Å². The standard InChI is InChI=1S/C15H21N3OS/c1-11-5-2-3-8-14(11)17-15(20)18-16-10-12-6-4-7-13(19)9-12/h4,6-7,9-11,14,19H,2-3,5,8H2,1H3,(H2,17,18,20)/b16-10-/t11-,14+/m1/s1. The van der Waals surface area contributed by atoms with Crippen LogP contribution in [0.15, 0.2) is 29.4 Å². The van der Waals surface area contributed by atoms with Crippen LogP contribution in [-0.2, 0) is 0 Å². The maximum absolute atomic E-state index is 9.35. The molecule has 0 unspecified atom stereocenters. The third-order valence-corrected chi connectivity index (χ3v) is 3.89. The first-order valence-electron chi connectivity index (χ1n) is 7.04. The second kappa shape index (κ2) is 7.24. The lowest BCUT2D eigenvalue weighted by molar-refractivity contribution is 0.308. The lowest BCUT2D eigenvalue weighted by Gasteiger charge is -2.30. The van der Waals surface area contributed by atoms with Crippen molar-refractivity contribution >= 4 is 23.5 Å². The van der Waals surface area contributed by atoms with Crippen molar-refractivity contribution in [3.63, 3.8) is 0 Å². The first-order valence-corrected chi connectivity index (χ1v) is 7.44. The van der Waals surface area contributed by atoms with Gasteiger partial charge < -0.3 is 10.4 Å². The molecule has 0 amide bonds. The maximum Gasteiger partial charge on any atom is 0.187 e. The zero-order valence-electron chi connectivity index (χ0n) is 11.7. The van der Waals surface area contributed by atoms with Crippen molar-refractivity contribution in [2.75, 3.05) is 0 Å². The largest absolute Gasteiger partial charge is 0.508 e.